The predicted molar refractivity (Wildman–Crippen MR) is 119 cm³/mol. The first-order valence-electron chi connectivity index (χ1n) is 10.9. The van der Waals surface area contributed by atoms with Gasteiger partial charge in [-0.3, -0.25) is 9.78 Å². The number of halogens is 2. The number of aryl methyl sites for hydroxylation is 1. The molecule has 2 atom stereocenters. The van der Waals surface area contributed by atoms with E-state index >= 15 is 0 Å². The number of fused-ring (bicyclic) bond motifs is 1. The van der Waals surface area contributed by atoms with Crippen molar-refractivity contribution >= 4 is 23.3 Å². The molecular formula is C23H23F2N7O2. The number of nitriles is 1. The van der Waals surface area contributed by atoms with Crippen LogP contribution in [0.4, 0.5) is 8.78 Å². The molecule has 1 aliphatic rings. The van der Waals surface area contributed by atoms with Crippen LogP contribution in [-0.2, 0) is 4.74 Å². The van der Waals surface area contributed by atoms with Crippen molar-refractivity contribution in [2.45, 2.75) is 58.1 Å². The highest BCUT2D eigenvalue weighted by Gasteiger charge is 2.32. The third-order valence-corrected chi connectivity index (χ3v) is 5.76. The van der Waals surface area contributed by atoms with E-state index in [0.717, 1.165) is 30.8 Å². The number of ether oxygens (including phenoxy) is 1. The Labute approximate surface area is 194 Å². The second kappa shape index (κ2) is 9.69. The van der Waals surface area contributed by atoms with Crippen molar-refractivity contribution in [2.75, 3.05) is 6.61 Å². The van der Waals surface area contributed by atoms with Crippen molar-refractivity contribution in [2.24, 2.45) is 4.99 Å². The van der Waals surface area contributed by atoms with Crippen LogP contribution in [0.5, 0.6) is 0 Å². The maximum atomic E-state index is 12.7. The molecule has 0 bridgehead atoms. The highest BCUT2D eigenvalue weighted by molar-refractivity contribution is 5.98. The molecule has 0 aromatic carbocycles. The van der Waals surface area contributed by atoms with Gasteiger partial charge in [0.2, 0.25) is 0 Å². The lowest BCUT2D eigenvalue weighted by Crippen LogP contribution is -2.24. The van der Waals surface area contributed by atoms with Gasteiger partial charge in [-0.1, -0.05) is 0 Å². The van der Waals surface area contributed by atoms with E-state index < -0.39 is 23.9 Å². The first-order chi connectivity index (χ1) is 16.3. The van der Waals surface area contributed by atoms with Gasteiger partial charge < -0.3 is 9.30 Å². The van der Waals surface area contributed by atoms with E-state index in [9.17, 15) is 18.8 Å². The summed E-state index contributed by atoms with van der Waals surface area (Å²) in [5.74, 6) is -0.552. The van der Waals surface area contributed by atoms with Gasteiger partial charge in [0, 0.05) is 25.1 Å². The fourth-order valence-electron chi connectivity index (χ4n) is 4.01. The summed E-state index contributed by atoms with van der Waals surface area (Å²) in [6.45, 7) is 6.40. The number of aromatic nitrogens is 5. The summed E-state index contributed by atoms with van der Waals surface area (Å²) >= 11 is 0. The molecule has 1 fully saturated rings. The standard InChI is InChI=1S/C23H23F2N7O2/c1-12(2)32-21(31-19-13(3)14(7-26)8-29-22(19)32)15(18-5-4-6-34-18)9-30-23(33)17-11-27-16(10-28-17)20(24)25/h8-12,15,18,20H,4-6H2,1-3H3/t15?,18-/m1/s1. The fraction of sp³-hybridized carbons (Fsp3) is 0.435. The van der Waals surface area contributed by atoms with Crippen molar-refractivity contribution in [3.05, 3.63) is 46.9 Å². The molecule has 34 heavy (non-hydrogen) atoms. The molecule has 4 heterocycles. The normalized spacial score (nSPS) is 17.2. The number of carbonyl (C=O) groups is 1. The zero-order chi connectivity index (χ0) is 24.4. The summed E-state index contributed by atoms with van der Waals surface area (Å²) in [7, 11) is 0. The van der Waals surface area contributed by atoms with Crippen molar-refractivity contribution in [3.63, 3.8) is 0 Å². The van der Waals surface area contributed by atoms with Crippen LogP contribution in [0.25, 0.3) is 11.2 Å². The minimum atomic E-state index is -2.77. The average Bonchev–Trinajstić information content (AvgIpc) is 3.48. The average molecular weight is 467 g/mol. The van der Waals surface area contributed by atoms with E-state index in [-0.39, 0.29) is 17.8 Å². The van der Waals surface area contributed by atoms with E-state index in [2.05, 4.69) is 26.0 Å². The van der Waals surface area contributed by atoms with Gasteiger partial charge in [0.15, 0.2) is 5.65 Å². The van der Waals surface area contributed by atoms with Crippen LogP contribution in [0, 0.1) is 18.3 Å². The Morgan fingerprint density at radius 2 is 2.09 bits per heavy atom. The number of aliphatic imine (C=N–C) groups is 1. The molecule has 1 saturated heterocycles. The Hall–Kier alpha value is -3.65. The Bertz CT molecular complexity index is 1270. The quantitative estimate of drug-likeness (QED) is 0.501. The number of rotatable bonds is 6. The second-order valence-electron chi connectivity index (χ2n) is 8.30. The number of hydrogen-bond donors (Lipinski definition) is 0. The largest absolute Gasteiger partial charge is 0.377 e. The van der Waals surface area contributed by atoms with E-state index in [1.165, 1.54) is 12.4 Å². The molecule has 3 aromatic rings. The minimum absolute atomic E-state index is 0.0133. The Morgan fingerprint density at radius 1 is 1.29 bits per heavy atom. The SMILES string of the molecule is Cc1c(C#N)cnc2c1nc(C(C=NC(=O)c1cnc(C(F)F)cn1)[C@H]1CCCO1)n2C(C)C. The summed E-state index contributed by atoms with van der Waals surface area (Å²) in [5, 5.41) is 9.39. The number of imidazole rings is 1. The van der Waals surface area contributed by atoms with E-state index in [0.29, 0.717) is 29.2 Å². The van der Waals surface area contributed by atoms with E-state index in [1.54, 1.807) is 0 Å². The van der Waals surface area contributed by atoms with Crippen LogP contribution in [0.15, 0.2) is 23.6 Å². The number of nitrogens with zero attached hydrogens (tertiary/aromatic N) is 7. The molecule has 1 aliphatic heterocycles. The van der Waals surface area contributed by atoms with Crippen LogP contribution in [0.2, 0.25) is 0 Å². The molecule has 0 saturated carbocycles. The zero-order valence-electron chi connectivity index (χ0n) is 18.9. The summed E-state index contributed by atoms with van der Waals surface area (Å²) in [6.07, 6.45) is 3.45. The highest BCUT2D eigenvalue weighted by atomic mass is 19.3. The van der Waals surface area contributed by atoms with Crippen LogP contribution >= 0.6 is 0 Å². The smallest absolute Gasteiger partial charge is 0.296 e. The zero-order valence-corrected chi connectivity index (χ0v) is 18.9. The Kier molecular flexibility index (Phi) is 6.70. The molecule has 4 rings (SSSR count). The van der Waals surface area contributed by atoms with Gasteiger partial charge in [-0.15, -0.1) is 0 Å². The van der Waals surface area contributed by atoms with Crippen molar-refractivity contribution in [1.29, 1.82) is 5.26 Å². The van der Waals surface area contributed by atoms with Crippen molar-refractivity contribution in [1.82, 2.24) is 24.5 Å². The first kappa shape index (κ1) is 23.5. The number of carbonyl (C=O) groups excluding carboxylic acids is 1. The third kappa shape index (κ3) is 4.41. The van der Waals surface area contributed by atoms with E-state index in [1.807, 2.05) is 25.3 Å². The van der Waals surface area contributed by atoms with Crippen LogP contribution < -0.4 is 0 Å². The van der Waals surface area contributed by atoms with Gasteiger partial charge in [-0.25, -0.2) is 28.7 Å². The molecule has 3 aromatic heterocycles. The number of amides is 1. The maximum absolute atomic E-state index is 12.7. The topological polar surface area (TPSA) is 119 Å². The molecule has 1 amide bonds. The monoisotopic (exact) mass is 467 g/mol. The number of hydrogen-bond acceptors (Lipinski definition) is 7. The van der Waals surface area contributed by atoms with Crippen LogP contribution in [0.3, 0.4) is 0 Å². The fourth-order valence-corrected chi connectivity index (χ4v) is 4.01. The maximum Gasteiger partial charge on any atom is 0.296 e. The first-order valence-corrected chi connectivity index (χ1v) is 10.9. The third-order valence-electron chi connectivity index (χ3n) is 5.76. The van der Waals surface area contributed by atoms with Crippen LogP contribution in [0.1, 0.15) is 78.2 Å². The lowest BCUT2D eigenvalue weighted by molar-refractivity contribution is 0.0984. The summed E-state index contributed by atoms with van der Waals surface area (Å²) in [6, 6.07) is 2.12. The van der Waals surface area contributed by atoms with Crippen molar-refractivity contribution in [3.8, 4) is 6.07 Å². The molecule has 0 spiro atoms. The predicted octanol–water partition coefficient (Wildman–Crippen LogP) is 4.09. The Balaban J connectivity index is 1.76. The van der Waals surface area contributed by atoms with Gasteiger partial charge in [0.05, 0.1) is 30.0 Å². The minimum Gasteiger partial charge on any atom is -0.377 e. The van der Waals surface area contributed by atoms with Crippen molar-refractivity contribution < 1.29 is 18.3 Å². The number of pyridine rings is 1. The summed E-state index contributed by atoms with van der Waals surface area (Å²) < 4.78 is 33.3. The second-order valence-corrected chi connectivity index (χ2v) is 8.30. The molecule has 11 heteroatoms. The van der Waals surface area contributed by atoms with Gasteiger partial charge >= 0.3 is 0 Å². The molecule has 0 radical (unpaired) electrons. The van der Waals surface area contributed by atoms with Crippen LogP contribution in [-0.4, -0.2) is 49.3 Å². The van der Waals surface area contributed by atoms with Gasteiger partial charge in [-0.2, -0.15) is 5.26 Å². The molecule has 1 unspecified atom stereocenters. The Morgan fingerprint density at radius 3 is 2.68 bits per heavy atom. The molecular weight excluding hydrogens is 444 g/mol. The van der Waals surface area contributed by atoms with E-state index in [4.69, 9.17) is 9.72 Å². The highest BCUT2D eigenvalue weighted by Crippen LogP contribution is 2.32. The van der Waals surface area contributed by atoms with Gasteiger partial charge in [0.1, 0.15) is 28.8 Å². The molecule has 0 aliphatic carbocycles. The lowest BCUT2D eigenvalue weighted by Gasteiger charge is -2.21. The lowest BCUT2D eigenvalue weighted by atomic mass is 10.00. The molecule has 0 N–H and O–H groups in total. The van der Waals surface area contributed by atoms with Gasteiger partial charge in [0.25, 0.3) is 12.3 Å². The summed E-state index contributed by atoms with van der Waals surface area (Å²) in [4.78, 5) is 33.3. The molecule has 176 valence electrons. The molecule has 9 nitrogen and oxygen atoms in total. The summed E-state index contributed by atoms with van der Waals surface area (Å²) in [5.41, 5.74) is 1.76. The number of alkyl halides is 2. The van der Waals surface area contributed by atoms with Gasteiger partial charge in [-0.05, 0) is 39.2 Å².